The number of aromatic amines is 1. The molecule has 0 amide bonds. The van der Waals surface area contributed by atoms with Crippen LogP contribution in [0, 0.1) is 6.92 Å². The predicted octanol–water partition coefficient (Wildman–Crippen LogP) is 3.15. The van der Waals surface area contributed by atoms with Crippen LogP contribution in [0.5, 0.6) is 0 Å². The molecule has 0 aliphatic heterocycles. The summed E-state index contributed by atoms with van der Waals surface area (Å²) in [5.74, 6) is 0. The number of benzene rings is 2. The van der Waals surface area contributed by atoms with Gasteiger partial charge in [-0.1, -0.05) is 86.5 Å². The number of aryl methyl sites for hydroxylation is 1. The van der Waals surface area contributed by atoms with Crippen LogP contribution in [-0.2, 0) is 18.7 Å². The largest absolute Gasteiger partial charge is 0.407 e. The van der Waals surface area contributed by atoms with Crippen molar-refractivity contribution in [1.82, 2.24) is 9.55 Å². The summed E-state index contributed by atoms with van der Waals surface area (Å²) < 4.78 is 39.0. The van der Waals surface area contributed by atoms with Gasteiger partial charge in [-0.3, -0.25) is 18.5 Å². The maximum Gasteiger partial charge on any atom is 0.328 e. The molecule has 1 heterocycles. The van der Waals surface area contributed by atoms with E-state index in [2.05, 4.69) is 35.8 Å². The number of aromatic nitrogens is 2. The van der Waals surface area contributed by atoms with Crippen molar-refractivity contribution in [2.45, 2.75) is 63.3 Å². The van der Waals surface area contributed by atoms with Crippen molar-refractivity contribution >= 4 is 28.8 Å². The molecule has 1 aromatic heterocycles. The van der Waals surface area contributed by atoms with E-state index in [1.54, 1.807) is 6.92 Å². The van der Waals surface area contributed by atoms with E-state index in [1.807, 2.05) is 60.7 Å². The molecule has 0 saturated heterocycles. The number of azide groups is 1. The lowest BCUT2D eigenvalue weighted by atomic mass is 9.97. The molecule has 13 heteroatoms. The zero-order chi connectivity index (χ0) is 30.1. The van der Waals surface area contributed by atoms with Gasteiger partial charge in [-0.05, 0) is 40.7 Å². The first-order valence-corrected chi connectivity index (χ1v) is 17.0. The molecule has 1 aliphatic carbocycles. The van der Waals surface area contributed by atoms with E-state index in [4.69, 9.17) is 8.61 Å². The summed E-state index contributed by atoms with van der Waals surface area (Å²) in [6.45, 7) is 7.69. The molecule has 0 spiro atoms. The van der Waals surface area contributed by atoms with Crippen LogP contribution in [0.1, 0.15) is 45.2 Å². The summed E-state index contributed by atoms with van der Waals surface area (Å²) in [6.07, 6.45) is 1.45. The monoisotopic (exact) mass is 597 g/mol. The van der Waals surface area contributed by atoms with Crippen molar-refractivity contribution < 1.29 is 17.0 Å². The van der Waals surface area contributed by atoms with E-state index < -0.39 is 52.4 Å². The van der Waals surface area contributed by atoms with E-state index in [0.717, 1.165) is 16.6 Å². The second-order valence-corrected chi connectivity index (χ2v) is 17.5. The summed E-state index contributed by atoms with van der Waals surface area (Å²) in [6, 6.07) is 18.9. The van der Waals surface area contributed by atoms with Crippen LogP contribution >= 0.6 is 0 Å². The topological polar surface area (TPSA) is 156 Å². The zero-order valence-corrected chi connectivity index (χ0v) is 25.6. The molecule has 1 fully saturated rings. The van der Waals surface area contributed by atoms with Crippen LogP contribution in [0.15, 0.2) is 81.6 Å². The molecule has 11 nitrogen and oxygen atoms in total. The molecule has 0 unspecified atom stereocenters. The standard InChI is InChI=1S/C28H35N5O6SSi/c1-20-18-33(26(35)30-25(20)34)23-16-17-28(31-32-29,24(23)39-40(5,36)37)19-38-41(27(2,3)4,21-12-8-6-9-13-21)22-14-10-7-11-15-22/h6-15,18,23-24H,16-17,19H2,1-5H3,(H,30,34,35)/t23-,24+,28+/m0/s1. The van der Waals surface area contributed by atoms with Gasteiger partial charge in [0.2, 0.25) is 0 Å². The Morgan fingerprint density at radius 2 is 1.66 bits per heavy atom. The summed E-state index contributed by atoms with van der Waals surface area (Å²) in [4.78, 5) is 30.3. The van der Waals surface area contributed by atoms with Gasteiger partial charge in [0.25, 0.3) is 24.0 Å². The van der Waals surface area contributed by atoms with Gasteiger partial charge in [0.15, 0.2) is 0 Å². The Kier molecular flexibility index (Phi) is 8.49. The van der Waals surface area contributed by atoms with Crippen molar-refractivity contribution in [3.8, 4) is 0 Å². The quantitative estimate of drug-likeness (QED) is 0.131. The van der Waals surface area contributed by atoms with Crippen molar-refractivity contribution in [3.05, 3.63) is 104 Å². The number of nitrogens with one attached hydrogen (secondary N) is 1. The van der Waals surface area contributed by atoms with E-state index in [-0.39, 0.29) is 25.0 Å². The van der Waals surface area contributed by atoms with Gasteiger partial charge < -0.3 is 4.43 Å². The van der Waals surface area contributed by atoms with Crippen LogP contribution in [-0.4, -0.2) is 50.8 Å². The minimum absolute atomic E-state index is 0.155. The fourth-order valence-electron chi connectivity index (χ4n) is 5.88. The molecular formula is C28H35N5O6SSi. The van der Waals surface area contributed by atoms with Crippen LogP contribution in [0.25, 0.3) is 10.4 Å². The van der Waals surface area contributed by atoms with Crippen molar-refractivity contribution in [2.24, 2.45) is 5.11 Å². The molecule has 1 saturated carbocycles. The Bertz CT molecular complexity index is 1620. The molecule has 3 atom stereocenters. The normalized spacial score (nSPS) is 21.4. The third kappa shape index (κ3) is 5.95. The molecule has 0 radical (unpaired) electrons. The highest BCUT2D eigenvalue weighted by molar-refractivity contribution is 7.86. The molecule has 41 heavy (non-hydrogen) atoms. The molecule has 2 aromatic carbocycles. The van der Waals surface area contributed by atoms with E-state index in [1.165, 1.54) is 10.8 Å². The number of hydrogen-bond acceptors (Lipinski definition) is 7. The highest BCUT2D eigenvalue weighted by Crippen LogP contribution is 2.45. The Morgan fingerprint density at radius 1 is 1.10 bits per heavy atom. The van der Waals surface area contributed by atoms with Gasteiger partial charge in [-0.25, -0.2) is 4.79 Å². The second kappa shape index (κ2) is 11.4. The average molecular weight is 598 g/mol. The van der Waals surface area contributed by atoms with Crippen LogP contribution in [0.4, 0.5) is 0 Å². The number of nitrogens with zero attached hydrogens (tertiary/aromatic N) is 4. The minimum Gasteiger partial charge on any atom is -0.407 e. The first-order chi connectivity index (χ1) is 19.2. The van der Waals surface area contributed by atoms with Gasteiger partial charge in [-0.15, -0.1) is 0 Å². The van der Waals surface area contributed by atoms with E-state index in [9.17, 15) is 23.5 Å². The molecule has 218 valence electrons. The highest BCUT2D eigenvalue weighted by atomic mass is 32.2. The molecule has 1 aliphatic rings. The van der Waals surface area contributed by atoms with Crippen LogP contribution in [0.3, 0.4) is 0 Å². The highest BCUT2D eigenvalue weighted by Gasteiger charge is 2.56. The third-order valence-electron chi connectivity index (χ3n) is 7.73. The van der Waals surface area contributed by atoms with Gasteiger partial charge in [0.1, 0.15) is 11.6 Å². The Balaban J connectivity index is 1.89. The summed E-state index contributed by atoms with van der Waals surface area (Å²) in [5, 5.41) is 5.74. The third-order valence-corrected chi connectivity index (χ3v) is 13.3. The first kappa shape index (κ1) is 30.5. The van der Waals surface area contributed by atoms with Crippen LogP contribution in [0.2, 0.25) is 5.04 Å². The summed E-state index contributed by atoms with van der Waals surface area (Å²) in [5.41, 5.74) is 7.26. The van der Waals surface area contributed by atoms with Crippen molar-refractivity contribution in [3.63, 3.8) is 0 Å². The molecule has 3 aromatic rings. The molecule has 0 bridgehead atoms. The van der Waals surface area contributed by atoms with Crippen molar-refractivity contribution in [1.29, 1.82) is 0 Å². The predicted molar refractivity (Wildman–Crippen MR) is 159 cm³/mol. The number of hydrogen-bond donors (Lipinski definition) is 1. The molecular weight excluding hydrogens is 562 g/mol. The number of rotatable bonds is 9. The molecule has 4 rings (SSSR count). The van der Waals surface area contributed by atoms with Gasteiger partial charge in [0.05, 0.1) is 12.3 Å². The summed E-state index contributed by atoms with van der Waals surface area (Å²) >= 11 is 0. The maximum atomic E-state index is 12.9. The van der Waals surface area contributed by atoms with Gasteiger partial charge >= 0.3 is 5.69 Å². The summed E-state index contributed by atoms with van der Waals surface area (Å²) in [7, 11) is -7.18. The Labute approximate surface area is 240 Å². The second-order valence-electron chi connectivity index (χ2n) is 11.6. The molecule has 1 N–H and O–H groups in total. The van der Waals surface area contributed by atoms with Gasteiger partial charge in [0, 0.05) is 23.3 Å². The lowest BCUT2D eigenvalue weighted by molar-refractivity contribution is 0.0713. The smallest absolute Gasteiger partial charge is 0.328 e. The first-order valence-electron chi connectivity index (χ1n) is 13.3. The fourth-order valence-corrected chi connectivity index (χ4v) is 11.2. The minimum atomic E-state index is -4.07. The average Bonchev–Trinajstić information content (AvgIpc) is 3.23. The lowest BCUT2D eigenvalue weighted by Gasteiger charge is -2.45. The lowest BCUT2D eigenvalue weighted by Crippen LogP contribution is -2.68. The van der Waals surface area contributed by atoms with E-state index >= 15 is 0 Å². The Hall–Kier alpha value is -3.48. The SMILES string of the molecule is Cc1cn([C@H]2CC[C@](CO[Si](c3ccccc3)(c3ccccc3)C(C)(C)C)(N=[N+]=[N-])[C@@H]2OS(C)(=O)=O)c(=O)[nH]c1=O. The van der Waals surface area contributed by atoms with Gasteiger partial charge in [-0.2, -0.15) is 8.42 Å². The van der Waals surface area contributed by atoms with Crippen LogP contribution < -0.4 is 21.6 Å². The fraction of sp³-hybridized carbons (Fsp3) is 0.429. The Morgan fingerprint density at radius 3 is 2.15 bits per heavy atom. The zero-order valence-electron chi connectivity index (χ0n) is 23.8. The maximum absolute atomic E-state index is 12.9. The number of H-pyrrole nitrogens is 1. The van der Waals surface area contributed by atoms with E-state index in [0.29, 0.717) is 0 Å². The van der Waals surface area contributed by atoms with Crippen molar-refractivity contribution in [2.75, 3.05) is 12.9 Å².